The number of benzene rings is 1. The summed E-state index contributed by atoms with van der Waals surface area (Å²) >= 11 is 11.4. The van der Waals surface area contributed by atoms with E-state index in [2.05, 4.69) is 0 Å². The van der Waals surface area contributed by atoms with Crippen LogP contribution >= 0.6 is 23.2 Å². The summed E-state index contributed by atoms with van der Waals surface area (Å²) in [7, 11) is 1.44. The van der Waals surface area contributed by atoms with Gasteiger partial charge in [0.25, 0.3) is 5.24 Å². The molecule has 5 heteroatoms. The second-order valence-corrected chi connectivity index (χ2v) is 3.76. The van der Waals surface area contributed by atoms with Crippen LogP contribution in [0.3, 0.4) is 0 Å². The molecule has 0 aliphatic heterocycles. The Morgan fingerprint density at radius 2 is 2.19 bits per heavy atom. The van der Waals surface area contributed by atoms with E-state index in [4.69, 9.17) is 27.9 Å². The lowest BCUT2D eigenvalue weighted by Crippen LogP contribution is -1.99. The van der Waals surface area contributed by atoms with Crippen molar-refractivity contribution in [3.05, 3.63) is 27.8 Å². The maximum absolute atomic E-state index is 11.2. The van der Waals surface area contributed by atoms with Gasteiger partial charge in [-0.1, -0.05) is 11.6 Å². The summed E-state index contributed by atoms with van der Waals surface area (Å²) in [4.78, 5) is 21.5. The average molecular weight is 259 g/mol. The van der Waals surface area contributed by atoms with Crippen LogP contribution in [-0.2, 0) is 4.79 Å². The van der Waals surface area contributed by atoms with E-state index in [0.717, 1.165) is 6.08 Å². The minimum atomic E-state index is -0.675. The molecule has 0 heterocycles. The zero-order valence-corrected chi connectivity index (χ0v) is 10.1. The van der Waals surface area contributed by atoms with Crippen molar-refractivity contribution in [1.29, 1.82) is 0 Å². The molecule has 0 bridgehead atoms. The zero-order chi connectivity index (χ0) is 12.3. The second kappa shape index (κ2) is 5.17. The molecule has 0 unspecified atom stereocenters. The van der Waals surface area contributed by atoms with Gasteiger partial charge in [0, 0.05) is 11.6 Å². The summed E-state index contributed by atoms with van der Waals surface area (Å²) in [6.07, 6.45) is 1.10. The van der Waals surface area contributed by atoms with E-state index in [1.165, 1.54) is 7.11 Å². The van der Waals surface area contributed by atoms with E-state index < -0.39 is 5.24 Å². The van der Waals surface area contributed by atoms with Crippen LogP contribution in [0, 0.1) is 6.92 Å². The summed E-state index contributed by atoms with van der Waals surface area (Å²) in [5, 5.41) is -0.578. The molecule has 0 amide bonds. The molecule has 0 aromatic heterocycles. The monoisotopic (exact) mass is 258 g/mol. The maximum atomic E-state index is 11.2. The molecule has 0 saturated heterocycles. The Morgan fingerprint density at radius 3 is 2.62 bits per heavy atom. The van der Waals surface area contributed by atoms with E-state index in [0.29, 0.717) is 16.9 Å². The van der Waals surface area contributed by atoms with Crippen LogP contribution < -0.4 is 4.74 Å². The van der Waals surface area contributed by atoms with Gasteiger partial charge in [-0.25, -0.2) is 4.79 Å². The van der Waals surface area contributed by atoms with Crippen LogP contribution in [0.15, 0.2) is 6.07 Å². The third-order valence-electron chi connectivity index (χ3n) is 2.08. The van der Waals surface area contributed by atoms with Gasteiger partial charge in [-0.05, 0) is 30.2 Å². The fourth-order valence-corrected chi connectivity index (χ4v) is 2.04. The van der Waals surface area contributed by atoms with Gasteiger partial charge in [-0.3, -0.25) is 4.79 Å². The average Bonchev–Trinajstić information content (AvgIpc) is 2.21. The Bertz CT molecular complexity index is 488. The highest BCUT2D eigenvalue weighted by Gasteiger charge is 2.18. The molecule has 3 nitrogen and oxygen atoms in total. The van der Waals surface area contributed by atoms with Gasteiger partial charge in [0.2, 0.25) is 0 Å². The van der Waals surface area contributed by atoms with Crippen molar-refractivity contribution in [3.8, 4) is 5.75 Å². The molecule has 16 heavy (non-hydrogen) atoms. The lowest BCUT2D eigenvalue weighted by molar-refractivity contribution is 0.108. The van der Waals surface area contributed by atoms with Crippen molar-refractivity contribution in [1.82, 2.24) is 0 Å². The van der Waals surface area contributed by atoms with Gasteiger partial charge < -0.3 is 4.74 Å². The van der Waals surface area contributed by atoms with Crippen molar-refractivity contribution < 1.29 is 14.3 Å². The molecule has 0 spiro atoms. The number of rotatable bonds is 3. The summed E-state index contributed by atoms with van der Waals surface area (Å²) in [6.45, 7) is 1.68. The van der Waals surface area contributed by atoms with Crippen LogP contribution in [0.25, 0.3) is 6.08 Å². The molecule has 0 atom stereocenters. The molecule has 84 valence electrons. The van der Waals surface area contributed by atoms with Crippen molar-refractivity contribution in [2.75, 3.05) is 7.11 Å². The molecule has 1 aromatic carbocycles. The zero-order valence-electron chi connectivity index (χ0n) is 8.64. The first-order valence-corrected chi connectivity index (χ1v) is 5.06. The van der Waals surface area contributed by atoms with Crippen LogP contribution in [0.4, 0.5) is 0 Å². The SMILES string of the molecule is COc1cc(C)c(C(=O)Cl)c(Cl)c1C=C=O. The quantitative estimate of drug-likeness (QED) is 0.619. The number of carbonyl (C=O) groups is 1. The molecular formula is C11H8Cl2O3. The van der Waals surface area contributed by atoms with Crippen LogP contribution in [0.5, 0.6) is 5.75 Å². The number of halogens is 2. The first-order valence-electron chi connectivity index (χ1n) is 4.30. The van der Waals surface area contributed by atoms with Crippen LogP contribution in [-0.4, -0.2) is 18.3 Å². The minimum absolute atomic E-state index is 0.0974. The summed E-state index contributed by atoms with van der Waals surface area (Å²) in [6, 6.07) is 1.59. The summed E-state index contributed by atoms with van der Waals surface area (Å²) < 4.78 is 5.05. The second-order valence-electron chi connectivity index (χ2n) is 3.03. The van der Waals surface area contributed by atoms with Crippen LogP contribution in [0.2, 0.25) is 5.02 Å². The van der Waals surface area contributed by atoms with E-state index in [1.54, 1.807) is 18.9 Å². The Hall–Kier alpha value is -1.28. The predicted molar refractivity (Wildman–Crippen MR) is 63.1 cm³/mol. The number of methoxy groups -OCH3 is 1. The topological polar surface area (TPSA) is 43.4 Å². The number of hydrogen-bond donors (Lipinski definition) is 0. The molecule has 1 aromatic rings. The van der Waals surface area contributed by atoms with Gasteiger partial charge in [0.1, 0.15) is 11.7 Å². The number of aryl methyl sites for hydroxylation is 1. The van der Waals surface area contributed by atoms with Crippen LogP contribution in [0.1, 0.15) is 21.5 Å². The number of carbonyl (C=O) groups excluding carboxylic acids is 2. The lowest BCUT2D eigenvalue weighted by Gasteiger charge is -2.11. The van der Waals surface area contributed by atoms with Crippen molar-refractivity contribution in [2.45, 2.75) is 6.92 Å². The molecule has 0 fully saturated rings. The van der Waals surface area contributed by atoms with E-state index in [9.17, 15) is 9.59 Å². The molecule has 0 aliphatic carbocycles. The highest BCUT2D eigenvalue weighted by molar-refractivity contribution is 6.69. The largest absolute Gasteiger partial charge is 0.496 e. The normalized spacial score (nSPS) is 9.50. The van der Waals surface area contributed by atoms with E-state index in [-0.39, 0.29) is 10.6 Å². The molecule has 0 aliphatic rings. The number of hydrogen-bond acceptors (Lipinski definition) is 3. The molecule has 0 radical (unpaired) electrons. The fourth-order valence-electron chi connectivity index (χ4n) is 1.37. The molecule has 1 rings (SSSR count). The Morgan fingerprint density at radius 1 is 1.56 bits per heavy atom. The molecule has 0 saturated carbocycles. The third-order valence-corrected chi connectivity index (χ3v) is 2.66. The van der Waals surface area contributed by atoms with Gasteiger partial charge in [-0.15, -0.1) is 0 Å². The number of ether oxygens (including phenoxy) is 1. The Balaban J connectivity index is 3.64. The lowest BCUT2D eigenvalue weighted by atomic mass is 10.0. The maximum Gasteiger partial charge on any atom is 0.254 e. The van der Waals surface area contributed by atoms with Crippen molar-refractivity contribution in [2.24, 2.45) is 0 Å². The Labute approximate surface area is 103 Å². The van der Waals surface area contributed by atoms with Gasteiger partial charge in [0.05, 0.1) is 17.7 Å². The van der Waals surface area contributed by atoms with Gasteiger partial charge in [-0.2, -0.15) is 0 Å². The smallest absolute Gasteiger partial charge is 0.254 e. The van der Waals surface area contributed by atoms with Gasteiger partial charge in [0.15, 0.2) is 0 Å². The fraction of sp³-hybridized carbons (Fsp3) is 0.182. The first kappa shape index (κ1) is 12.8. The molecule has 0 N–H and O–H groups in total. The van der Waals surface area contributed by atoms with Gasteiger partial charge >= 0.3 is 0 Å². The van der Waals surface area contributed by atoms with Crippen molar-refractivity contribution in [3.63, 3.8) is 0 Å². The third kappa shape index (κ3) is 2.27. The summed E-state index contributed by atoms with van der Waals surface area (Å²) in [5.41, 5.74) is 1.06. The predicted octanol–water partition coefficient (Wildman–Crippen LogP) is 2.88. The standard InChI is InChI=1S/C11H8Cl2O3/c1-6-5-8(16-2)7(3-4-14)10(12)9(6)11(13)15/h3,5H,1-2H3. The van der Waals surface area contributed by atoms with E-state index in [1.807, 2.05) is 0 Å². The van der Waals surface area contributed by atoms with E-state index >= 15 is 0 Å². The first-order chi connectivity index (χ1) is 7.52. The highest BCUT2D eigenvalue weighted by Crippen LogP contribution is 2.34. The highest BCUT2D eigenvalue weighted by atomic mass is 35.5. The molecular weight excluding hydrogens is 251 g/mol. The summed E-state index contributed by atoms with van der Waals surface area (Å²) in [5.74, 6) is 1.99. The Kier molecular flexibility index (Phi) is 4.13. The minimum Gasteiger partial charge on any atom is -0.496 e. The van der Waals surface area contributed by atoms with Crippen molar-refractivity contribution >= 4 is 40.5 Å².